The third kappa shape index (κ3) is 5.64. The van der Waals surface area contributed by atoms with E-state index in [4.69, 9.17) is 9.47 Å². The molecule has 0 amide bonds. The van der Waals surface area contributed by atoms with Crippen LogP contribution in [0, 0.1) is 0 Å². The summed E-state index contributed by atoms with van der Waals surface area (Å²) in [6, 6.07) is 12.0. The van der Waals surface area contributed by atoms with Gasteiger partial charge in [0.05, 0.1) is 16.0 Å². The molecule has 0 spiro atoms. The van der Waals surface area contributed by atoms with Gasteiger partial charge in [0.2, 0.25) is 6.20 Å². The first-order valence-corrected chi connectivity index (χ1v) is 14.0. The van der Waals surface area contributed by atoms with E-state index in [2.05, 4.69) is 9.71 Å². The van der Waals surface area contributed by atoms with Crippen molar-refractivity contribution >= 4 is 26.5 Å². The number of halogens is 3. The molecule has 1 atom stereocenters. The second-order valence-electron chi connectivity index (χ2n) is 9.45. The lowest BCUT2D eigenvalue weighted by molar-refractivity contribution is -0.896. The van der Waals surface area contributed by atoms with E-state index >= 15 is 0 Å². The first-order chi connectivity index (χ1) is 18.3. The van der Waals surface area contributed by atoms with Crippen molar-refractivity contribution in [3.63, 3.8) is 0 Å². The van der Waals surface area contributed by atoms with E-state index in [1.165, 1.54) is 42.7 Å². The number of benzene rings is 2. The summed E-state index contributed by atoms with van der Waals surface area (Å²) in [7, 11) is -3.96. The fourth-order valence-electron chi connectivity index (χ4n) is 4.30. The number of hydrogen-bond donors (Lipinski definition) is 2. The van der Waals surface area contributed by atoms with Crippen LogP contribution in [-0.4, -0.2) is 24.2 Å². The topological polar surface area (TPSA) is 102 Å². The predicted octanol–water partition coefficient (Wildman–Crippen LogP) is 5.84. The van der Waals surface area contributed by atoms with E-state index < -0.39 is 33.5 Å². The summed E-state index contributed by atoms with van der Waals surface area (Å²) in [4.78, 5) is 3.90. The van der Waals surface area contributed by atoms with Crippen LogP contribution in [-0.2, 0) is 16.2 Å². The quantitative estimate of drug-likeness (QED) is 0.220. The highest BCUT2D eigenvalue weighted by molar-refractivity contribution is 7.93. The third-order valence-corrected chi connectivity index (χ3v) is 8.21. The molecule has 2 aromatic heterocycles. The van der Waals surface area contributed by atoms with E-state index in [-0.39, 0.29) is 32.8 Å². The summed E-state index contributed by atoms with van der Waals surface area (Å²) in [5, 5.41) is 12.2. The van der Waals surface area contributed by atoms with Gasteiger partial charge < -0.3 is 9.47 Å². The zero-order valence-electron chi connectivity index (χ0n) is 20.6. The number of sulfonamides is 1. The Labute approximate surface area is 226 Å². The van der Waals surface area contributed by atoms with Crippen molar-refractivity contribution in [3.8, 4) is 22.8 Å². The average molecular weight is 579 g/mol. The molecule has 0 saturated heterocycles. The lowest BCUT2D eigenvalue weighted by Gasteiger charge is -2.38. The maximum Gasteiger partial charge on any atom is 0.416 e. The van der Waals surface area contributed by atoms with Crippen LogP contribution in [0.1, 0.15) is 37.5 Å². The van der Waals surface area contributed by atoms with Gasteiger partial charge in [-0.05, 0) is 44.2 Å². The minimum Gasteiger partial charge on any atom is -0.487 e. The van der Waals surface area contributed by atoms with E-state index in [0.29, 0.717) is 12.0 Å². The molecule has 0 unspecified atom stereocenters. The molecule has 39 heavy (non-hydrogen) atoms. The third-order valence-electron chi connectivity index (χ3n) is 6.05. The summed E-state index contributed by atoms with van der Waals surface area (Å²) in [6.07, 6.45) is -2.21. The van der Waals surface area contributed by atoms with Crippen LogP contribution in [0.5, 0.6) is 11.5 Å². The maximum atomic E-state index is 13.5. The number of nitrogens with zero attached hydrogens (tertiary/aromatic N) is 2. The Morgan fingerprint density at radius 2 is 1.97 bits per heavy atom. The minimum atomic E-state index is -4.61. The molecular weight excluding hydrogens is 555 g/mol. The first-order valence-electron chi connectivity index (χ1n) is 11.7. The normalized spacial score (nSPS) is 16.7. The molecule has 3 heterocycles. The Balaban J connectivity index is 1.54. The zero-order valence-corrected chi connectivity index (χ0v) is 22.3. The fourth-order valence-corrected chi connectivity index (χ4v) is 6.10. The monoisotopic (exact) mass is 578 g/mol. The molecule has 2 N–H and O–H groups in total. The highest BCUT2D eigenvalue weighted by Crippen LogP contribution is 2.45. The van der Waals surface area contributed by atoms with Gasteiger partial charge in [-0.3, -0.25) is 9.93 Å². The second kappa shape index (κ2) is 9.72. The molecule has 1 aliphatic heterocycles. The van der Waals surface area contributed by atoms with Crippen molar-refractivity contribution in [2.24, 2.45) is 0 Å². The number of fused-ring (bicyclic) bond motifs is 1. The Morgan fingerprint density at radius 3 is 2.67 bits per heavy atom. The number of hydrogen-bond acceptors (Lipinski definition) is 7. The van der Waals surface area contributed by atoms with Gasteiger partial charge in [-0.2, -0.15) is 13.2 Å². The molecule has 0 bridgehead atoms. The van der Waals surface area contributed by atoms with Gasteiger partial charge in [0, 0.05) is 46.5 Å². The number of ether oxygens (including phenoxy) is 2. The summed E-state index contributed by atoms with van der Waals surface area (Å²) in [5.74, 6) is 0.372. The number of alkyl halides is 3. The number of pyridine rings is 1. The van der Waals surface area contributed by atoms with Crippen LogP contribution in [0.25, 0.3) is 11.3 Å². The standard InChI is InChI=1S/C26H23F3N3O5S2/c1-25(2)15-23(18-8-7-17(14-22(18)37-25)39(34,35)31-24-30-10-12-38-24)36-21-9-6-16(26(27,28)29)13-19(21)20-5-3-4-11-32(20)33/h3-14,23,33H,15H2,1-2H3,(H,30,31)/q+1/t23-/m1/s1. The minimum absolute atomic E-state index is 0.0330. The lowest BCUT2D eigenvalue weighted by atomic mass is 9.91. The van der Waals surface area contributed by atoms with Crippen molar-refractivity contribution < 1.29 is 41.0 Å². The van der Waals surface area contributed by atoms with E-state index in [1.54, 1.807) is 31.4 Å². The van der Waals surface area contributed by atoms with Gasteiger partial charge in [0.25, 0.3) is 15.7 Å². The van der Waals surface area contributed by atoms with E-state index in [0.717, 1.165) is 28.2 Å². The van der Waals surface area contributed by atoms with E-state index in [1.807, 2.05) is 0 Å². The van der Waals surface area contributed by atoms with E-state index in [9.17, 15) is 26.8 Å². The number of rotatable bonds is 6. The van der Waals surface area contributed by atoms with Crippen LogP contribution in [0.15, 0.2) is 77.3 Å². The van der Waals surface area contributed by atoms with Gasteiger partial charge in [0.1, 0.15) is 23.2 Å². The zero-order chi connectivity index (χ0) is 28.0. The largest absolute Gasteiger partial charge is 0.487 e. The van der Waals surface area contributed by atoms with Crippen LogP contribution < -0.4 is 18.9 Å². The number of nitrogens with one attached hydrogen (secondary N) is 1. The molecule has 4 aromatic rings. The fraction of sp³-hybridized carbons (Fsp3) is 0.231. The van der Waals surface area contributed by atoms with Gasteiger partial charge in [-0.15, -0.1) is 11.3 Å². The summed E-state index contributed by atoms with van der Waals surface area (Å²) >= 11 is 1.13. The Hall–Kier alpha value is -3.84. The Bertz CT molecular complexity index is 1620. The van der Waals surface area contributed by atoms with Crippen molar-refractivity contribution in [1.29, 1.82) is 0 Å². The molecule has 8 nitrogen and oxygen atoms in total. The lowest BCUT2D eigenvalue weighted by Crippen LogP contribution is -2.37. The van der Waals surface area contributed by atoms with Crippen molar-refractivity contribution in [1.82, 2.24) is 4.98 Å². The first kappa shape index (κ1) is 26.8. The smallest absolute Gasteiger partial charge is 0.416 e. The SMILES string of the molecule is CC1(C)C[C@@H](Oc2ccc(C(F)(F)F)cc2-c2cccc[n+]2O)c2ccc(S(=O)(=O)Nc3nccs3)cc2O1. The predicted molar refractivity (Wildman–Crippen MR) is 136 cm³/mol. The molecule has 0 fully saturated rings. The maximum absolute atomic E-state index is 13.5. The molecule has 204 valence electrons. The number of thiazole rings is 1. The van der Waals surface area contributed by atoms with Crippen LogP contribution in [0.2, 0.25) is 0 Å². The van der Waals surface area contributed by atoms with Crippen LogP contribution in [0.3, 0.4) is 0 Å². The molecule has 0 aliphatic carbocycles. The van der Waals surface area contributed by atoms with Crippen LogP contribution >= 0.6 is 11.3 Å². The molecule has 0 saturated carbocycles. The van der Waals surface area contributed by atoms with Crippen molar-refractivity contribution in [2.45, 2.75) is 43.0 Å². The molecule has 13 heteroatoms. The molecular formula is C26H23F3N3O5S2+. The van der Waals surface area contributed by atoms with Crippen molar-refractivity contribution in [2.75, 3.05) is 4.72 Å². The van der Waals surface area contributed by atoms with Gasteiger partial charge >= 0.3 is 6.18 Å². The molecule has 2 aromatic carbocycles. The van der Waals surface area contributed by atoms with Crippen LogP contribution in [0.4, 0.5) is 18.3 Å². The molecule has 5 rings (SSSR count). The molecule has 0 radical (unpaired) electrons. The number of anilines is 1. The van der Waals surface area contributed by atoms with Gasteiger partial charge in [0.15, 0.2) is 5.13 Å². The number of aromatic nitrogens is 2. The highest BCUT2D eigenvalue weighted by atomic mass is 32.2. The average Bonchev–Trinajstić information content (AvgIpc) is 3.35. The highest BCUT2D eigenvalue weighted by Gasteiger charge is 2.38. The summed E-state index contributed by atoms with van der Waals surface area (Å²) in [6.45, 7) is 3.60. The summed E-state index contributed by atoms with van der Waals surface area (Å²) in [5.41, 5.74) is -1.04. The second-order valence-corrected chi connectivity index (χ2v) is 12.0. The Morgan fingerprint density at radius 1 is 1.18 bits per heavy atom. The summed E-state index contributed by atoms with van der Waals surface area (Å²) < 4.78 is 82.0. The van der Waals surface area contributed by atoms with Gasteiger partial charge in [-0.1, -0.05) is 6.07 Å². The van der Waals surface area contributed by atoms with Crippen molar-refractivity contribution in [3.05, 3.63) is 83.5 Å². The molecule has 1 aliphatic rings. The Kier molecular flexibility index (Phi) is 6.67. The van der Waals surface area contributed by atoms with Gasteiger partial charge in [-0.25, -0.2) is 13.4 Å².